The average Bonchev–Trinajstić information content (AvgIpc) is 2.99. The Labute approximate surface area is 158 Å². The van der Waals surface area contributed by atoms with Crippen molar-refractivity contribution in [2.24, 2.45) is 0 Å². The van der Waals surface area contributed by atoms with E-state index in [9.17, 15) is 13.2 Å². The van der Waals surface area contributed by atoms with Crippen LogP contribution in [0.25, 0.3) is 11.3 Å². The monoisotopic (exact) mass is 428 g/mol. The van der Waals surface area contributed by atoms with E-state index in [1.165, 1.54) is 0 Å². The lowest BCUT2D eigenvalue weighted by molar-refractivity contribution is -0.142. The van der Waals surface area contributed by atoms with Gasteiger partial charge in [-0.05, 0) is 65.4 Å². The Balaban J connectivity index is 1.84. The summed E-state index contributed by atoms with van der Waals surface area (Å²) in [6, 6.07) is 5.67. The Kier molecular flexibility index (Phi) is 4.75. The second-order valence-electron chi connectivity index (χ2n) is 7.02. The van der Waals surface area contributed by atoms with Gasteiger partial charge in [0.15, 0.2) is 5.69 Å². The number of benzene rings is 1. The zero-order chi connectivity index (χ0) is 18.3. The van der Waals surface area contributed by atoms with E-state index in [0.29, 0.717) is 12.3 Å². The molecule has 1 aromatic carbocycles. The summed E-state index contributed by atoms with van der Waals surface area (Å²) in [5.74, 6) is 0.830. The lowest BCUT2D eigenvalue weighted by Crippen LogP contribution is -2.16. The first-order valence-electron chi connectivity index (χ1n) is 9.06. The van der Waals surface area contributed by atoms with Crippen LogP contribution in [0.2, 0.25) is 0 Å². The summed E-state index contributed by atoms with van der Waals surface area (Å²) in [6.07, 6.45) is 2.25. The molecule has 3 nitrogen and oxygen atoms in total. The molecule has 2 aromatic rings. The number of rotatable bonds is 2. The summed E-state index contributed by atoms with van der Waals surface area (Å²) in [5, 5.41) is 4.01. The normalized spacial score (nSPS) is 18.5. The van der Waals surface area contributed by atoms with E-state index in [-0.39, 0.29) is 10.5 Å². The second-order valence-corrected chi connectivity index (χ2v) is 7.81. The molecule has 4 rings (SSSR count). The van der Waals surface area contributed by atoms with E-state index < -0.39 is 11.9 Å². The maximum Gasteiger partial charge on any atom is 0.436 e. The molecule has 0 atom stereocenters. The minimum absolute atomic E-state index is 0.0124. The lowest BCUT2D eigenvalue weighted by atomic mass is 9.95. The number of aromatic nitrogens is 2. The molecule has 1 aliphatic heterocycles. The van der Waals surface area contributed by atoms with E-state index in [2.05, 4.69) is 21.0 Å². The number of hydrogen-bond acceptors (Lipinski definition) is 2. The second kappa shape index (κ2) is 6.91. The highest BCUT2D eigenvalue weighted by Gasteiger charge is 2.40. The van der Waals surface area contributed by atoms with Crippen LogP contribution in [0, 0.1) is 0 Å². The molecule has 0 amide bonds. The fourth-order valence-electron chi connectivity index (χ4n) is 3.95. The Morgan fingerprint density at radius 2 is 1.88 bits per heavy atom. The van der Waals surface area contributed by atoms with Crippen molar-refractivity contribution in [3.8, 4) is 17.0 Å². The molecule has 2 aliphatic rings. The van der Waals surface area contributed by atoms with E-state index in [1.54, 1.807) is 4.68 Å². The maximum absolute atomic E-state index is 13.5. The van der Waals surface area contributed by atoms with Gasteiger partial charge in [-0.25, -0.2) is 0 Å². The Bertz CT molecular complexity index is 810. The van der Waals surface area contributed by atoms with Gasteiger partial charge in [-0.15, -0.1) is 0 Å². The van der Waals surface area contributed by atoms with Crippen LogP contribution in [-0.2, 0) is 12.6 Å². The first-order valence-corrected chi connectivity index (χ1v) is 9.86. The summed E-state index contributed by atoms with van der Waals surface area (Å²) in [5.41, 5.74) is 1.49. The average molecular weight is 429 g/mol. The third-order valence-corrected chi connectivity index (χ3v) is 5.97. The number of fused-ring (bicyclic) bond motifs is 1. The zero-order valence-corrected chi connectivity index (χ0v) is 15.9. The number of nitrogens with zero attached hydrogens (tertiary/aromatic N) is 2. The molecule has 1 aliphatic carbocycles. The molecule has 0 saturated heterocycles. The van der Waals surface area contributed by atoms with Crippen LogP contribution in [0.4, 0.5) is 13.2 Å². The van der Waals surface area contributed by atoms with Crippen molar-refractivity contribution in [2.45, 2.75) is 57.2 Å². The minimum Gasteiger partial charge on any atom is -0.493 e. The lowest BCUT2D eigenvalue weighted by Gasteiger charge is -2.24. The fraction of sp³-hybridized carbons (Fsp3) is 0.526. The highest BCUT2D eigenvalue weighted by atomic mass is 79.9. The van der Waals surface area contributed by atoms with Crippen molar-refractivity contribution in [1.29, 1.82) is 0 Å². The van der Waals surface area contributed by atoms with Crippen LogP contribution in [0.5, 0.6) is 5.75 Å². The molecule has 0 N–H and O–H groups in total. The third-order valence-electron chi connectivity index (χ3n) is 5.22. The van der Waals surface area contributed by atoms with Gasteiger partial charge in [-0.2, -0.15) is 18.3 Å². The van der Waals surface area contributed by atoms with Crippen LogP contribution in [0.3, 0.4) is 0 Å². The van der Waals surface area contributed by atoms with Crippen molar-refractivity contribution in [3.05, 3.63) is 33.9 Å². The van der Waals surface area contributed by atoms with E-state index in [4.69, 9.17) is 4.74 Å². The van der Waals surface area contributed by atoms with Crippen molar-refractivity contribution in [1.82, 2.24) is 9.78 Å². The van der Waals surface area contributed by atoms with Gasteiger partial charge in [0.2, 0.25) is 0 Å². The molecule has 1 saturated carbocycles. The SMILES string of the molecule is FC(F)(F)c1nn(C2CCCCC2)c(-c2ccc3c(c2)CCCO3)c1Br. The maximum atomic E-state index is 13.5. The van der Waals surface area contributed by atoms with Crippen LogP contribution < -0.4 is 4.74 Å². The van der Waals surface area contributed by atoms with Gasteiger partial charge >= 0.3 is 6.18 Å². The van der Waals surface area contributed by atoms with Gasteiger partial charge in [0, 0.05) is 5.56 Å². The van der Waals surface area contributed by atoms with Crippen molar-refractivity contribution in [3.63, 3.8) is 0 Å². The highest BCUT2D eigenvalue weighted by molar-refractivity contribution is 9.10. The van der Waals surface area contributed by atoms with Crippen molar-refractivity contribution >= 4 is 15.9 Å². The largest absolute Gasteiger partial charge is 0.493 e. The van der Waals surface area contributed by atoms with Crippen molar-refractivity contribution < 1.29 is 17.9 Å². The summed E-state index contributed by atoms with van der Waals surface area (Å²) in [4.78, 5) is 0. The summed E-state index contributed by atoms with van der Waals surface area (Å²) in [7, 11) is 0. The Morgan fingerprint density at radius 3 is 2.62 bits per heavy atom. The van der Waals surface area contributed by atoms with Crippen LogP contribution in [-0.4, -0.2) is 16.4 Å². The molecule has 0 unspecified atom stereocenters. The van der Waals surface area contributed by atoms with Gasteiger partial charge in [0.25, 0.3) is 0 Å². The molecular formula is C19H20BrF3N2O. The summed E-state index contributed by atoms with van der Waals surface area (Å²) < 4.78 is 47.7. The van der Waals surface area contributed by atoms with Gasteiger partial charge in [-0.1, -0.05) is 19.3 Å². The molecule has 26 heavy (non-hydrogen) atoms. The molecule has 2 heterocycles. The number of alkyl halides is 3. The highest BCUT2D eigenvalue weighted by Crippen LogP contribution is 2.43. The quantitative estimate of drug-likeness (QED) is 0.572. The summed E-state index contributed by atoms with van der Waals surface area (Å²) >= 11 is 3.20. The molecule has 0 bridgehead atoms. The van der Waals surface area contributed by atoms with Crippen molar-refractivity contribution in [2.75, 3.05) is 6.61 Å². The Morgan fingerprint density at radius 1 is 1.12 bits per heavy atom. The van der Waals surface area contributed by atoms with Gasteiger partial charge < -0.3 is 4.74 Å². The minimum atomic E-state index is -4.48. The first-order chi connectivity index (χ1) is 12.4. The number of halogens is 4. The Hall–Kier alpha value is -1.50. The number of hydrogen-bond donors (Lipinski definition) is 0. The van der Waals surface area contributed by atoms with E-state index in [1.807, 2.05) is 18.2 Å². The van der Waals surface area contributed by atoms with Crippen LogP contribution >= 0.6 is 15.9 Å². The number of ether oxygens (including phenoxy) is 1. The molecule has 0 spiro atoms. The van der Waals surface area contributed by atoms with E-state index >= 15 is 0 Å². The topological polar surface area (TPSA) is 27.1 Å². The molecule has 1 fully saturated rings. The molecular weight excluding hydrogens is 409 g/mol. The standard InChI is InChI=1S/C19H20BrF3N2O/c20-16-17(13-8-9-15-12(11-13)5-4-10-26-15)25(14-6-2-1-3-7-14)24-18(16)19(21,22)23/h8-9,11,14H,1-7,10H2. The number of aryl methyl sites for hydroxylation is 1. The molecule has 140 valence electrons. The van der Waals surface area contributed by atoms with Gasteiger partial charge in [0.05, 0.1) is 22.8 Å². The molecule has 7 heteroatoms. The predicted octanol–water partition coefficient (Wildman–Crippen LogP) is 6.16. The predicted molar refractivity (Wildman–Crippen MR) is 96.3 cm³/mol. The van der Waals surface area contributed by atoms with Crippen LogP contribution in [0.1, 0.15) is 55.8 Å². The van der Waals surface area contributed by atoms with Crippen LogP contribution in [0.15, 0.2) is 22.7 Å². The smallest absolute Gasteiger partial charge is 0.436 e. The molecule has 0 radical (unpaired) electrons. The third kappa shape index (κ3) is 3.26. The zero-order valence-electron chi connectivity index (χ0n) is 14.3. The van der Waals surface area contributed by atoms with Gasteiger partial charge in [0.1, 0.15) is 5.75 Å². The fourth-order valence-corrected chi connectivity index (χ4v) is 4.67. The molecule has 1 aromatic heterocycles. The summed E-state index contributed by atoms with van der Waals surface area (Å²) in [6.45, 7) is 0.689. The van der Waals surface area contributed by atoms with E-state index in [0.717, 1.165) is 61.8 Å². The van der Waals surface area contributed by atoms with Gasteiger partial charge in [-0.3, -0.25) is 4.68 Å². The first kappa shape index (κ1) is 17.9.